The van der Waals surface area contributed by atoms with Crippen LogP contribution in [0.5, 0.6) is 0 Å². The first kappa shape index (κ1) is 19.5. The number of hydrogen-bond donors (Lipinski definition) is 1. The van der Waals surface area contributed by atoms with E-state index in [0.29, 0.717) is 31.1 Å². The lowest BCUT2D eigenvalue weighted by molar-refractivity contribution is -0.143. The van der Waals surface area contributed by atoms with Gasteiger partial charge in [-0.3, -0.25) is 9.59 Å². The van der Waals surface area contributed by atoms with Gasteiger partial charge in [0.2, 0.25) is 11.8 Å². The number of nitrogens with zero attached hydrogens (tertiary/aromatic N) is 7. The van der Waals surface area contributed by atoms with E-state index in [0.717, 1.165) is 38.2 Å². The van der Waals surface area contributed by atoms with Gasteiger partial charge in [-0.05, 0) is 54.2 Å². The summed E-state index contributed by atoms with van der Waals surface area (Å²) in [5.74, 6) is 1.22. The Kier molecular flexibility index (Phi) is 5.59. The van der Waals surface area contributed by atoms with Crippen molar-refractivity contribution in [1.29, 1.82) is 0 Å². The maximum Gasteiger partial charge on any atom is 0.242 e. The van der Waals surface area contributed by atoms with Gasteiger partial charge in [-0.25, -0.2) is 0 Å². The summed E-state index contributed by atoms with van der Waals surface area (Å²) in [6, 6.07) is 3.39. The summed E-state index contributed by atoms with van der Waals surface area (Å²) in [6.45, 7) is 6.95. The molecule has 2 amide bonds. The highest BCUT2D eigenvalue weighted by atomic mass is 16.2. The molecule has 0 bridgehead atoms. The van der Waals surface area contributed by atoms with Crippen molar-refractivity contribution in [2.75, 3.05) is 31.1 Å². The van der Waals surface area contributed by atoms with Crippen LogP contribution in [0.3, 0.4) is 0 Å². The molecule has 0 saturated carbocycles. The van der Waals surface area contributed by atoms with Crippen LogP contribution < -0.4 is 10.2 Å². The highest BCUT2D eigenvalue weighted by Gasteiger charge is 2.36. The minimum atomic E-state index is -0.355. The molecule has 2 fully saturated rings. The lowest BCUT2D eigenvalue weighted by Gasteiger charge is -2.37. The van der Waals surface area contributed by atoms with Crippen LogP contribution in [0.1, 0.15) is 39.5 Å². The van der Waals surface area contributed by atoms with Crippen molar-refractivity contribution < 1.29 is 9.59 Å². The molecule has 0 aliphatic carbocycles. The number of amides is 2. The molecule has 2 aliphatic rings. The molecule has 4 rings (SSSR count). The fourth-order valence-corrected chi connectivity index (χ4v) is 4.22. The van der Waals surface area contributed by atoms with E-state index in [1.54, 1.807) is 0 Å². The molecule has 0 spiro atoms. The normalized spacial score (nSPS) is 21.5. The molecule has 2 aliphatic heterocycles. The van der Waals surface area contributed by atoms with Crippen molar-refractivity contribution in [2.24, 2.45) is 11.8 Å². The SMILES string of the molecule is CC(C)CC1C(=O)NCCCN1C(=O)C1CCN(c2ccc3nnnn3n2)CC1. The molecule has 2 aromatic rings. The zero-order chi connectivity index (χ0) is 20.4. The Labute approximate surface area is 169 Å². The average Bonchev–Trinajstić information content (AvgIpc) is 3.12. The topological polar surface area (TPSA) is 109 Å². The second kappa shape index (κ2) is 8.30. The van der Waals surface area contributed by atoms with Crippen LogP contribution in [0.15, 0.2) is 12.1 Å². The van der Waals surface area contributed by atoms with Gasteiger partial charge in [-0.15, -0.1) is 14.8 Å². The van der Waals surface area contributed by atoms with Crippen molar-refractivity contribution >= 4 is 23.3 Å². The first-order valence-corrected chi connectivity index (χ1v) is 10.4. The number of carbonyl (C=O) groups is 2. The largest absolute Gasteiger partial charge is 0.355 e. The van der Waals surface area contributed by atoms with E-state index in [-0.39, 0.29) is 23.8 Å². The second-order valence-corrected chi connectivity index (χ2v) is 8.30. The summed E-state index contributed by atoms with van der Waals surface area (Å²) in [6.07, 6.45) is 3.01. The number of rotatable bonds is 4. The predicted molar refractivity (Wildman–Crippen MR) is 106 cm³/mol. The molecule has 10 heteroatoms. The number of anilines is 1. The highest BCUT2D eigenvalue weighted by molar-refractivity contribution is 5.89. The molecule has 0 aromatic carbocycles. The van der Waals surface area contributed by atoms with Crippen LogP contribution in [-0.2, 0) is 9.59 Å². The van der Waals surface area contributed by atoms with Crippen molar-refractivity contribution in [3.8, 4) is 0 Å². The van der Waals surface area contributed by atoms with Gasteiger partial charge in [0.05, 0.1) is 0 Å². The molecule has 10 nitrogen and oxygen atoms in total. The number of hydrogen-bond acceptors (Lipinski definition) is 7. The third-order valence-electron chi connectivity index (χ3n) is 5.76. The Morgan fingerprint density at radius 3 is 2.79 bits per heavy atom. The van der Waals surface area contributed by atoms with Gasteiger partial charge in [0, 0.05) is 32.1 Å². The van der Waals surface area contributed by atoms with Crippen LogP contribution in [0.25, 0.3) is 5.65 Å². The van der Waals surface area contributed by atoms with Crippen molar-refractivity contribution in [2.45, 2.75) is 45.6 Å². The number of tetrazole rings is 1. The highest BCUT2D eigenvalue weighted by Crippen LogP contribution is 2.26. The van der Waals surface area contributed by atoms with Gasteiger partial charge < -0.3 is 15.1 Å². The minimum absolute atomic E-state index is 0.0130. The van der Waals surface area contributed by atoms with E-state index in [1.165, 1.54) is 4.63 Å². The molecule has 156 valence electrons. The Bertz CT molecular complexity index is 874. The van der Waals surface area contributed by atoms with Gasteiger partial charge in [0.15, 0.2) is 11.5 Å². The Hall–Kier alpha value is -2.78. The van der Waals surface area contributed by atoms with Crippen LogP contribution in [0.2, 0.25) is 0 Å². The maximum absolute atomic E-state index is 13.3. The maximum atomic E-state index is 13.3. The average molecular weight is 400 g/mol. The molecular weight excluding hydrogens is 372 g/mol. The third-order valence-corrected chi connectivity index (χ3v) is 5.76. The molecule has 1 atom stereocenters. The summed E-state index contributed by atoms with van der Waals surface area (Å²) in [5.41, 5.74) is 0.606. The zero-order valence-corrected chi connectivity index (χ0v) is 17.0. The monoisotopic (exact) mass is 400 g/mol. The number of fused-ring (bicyclic) bond motifs is 1. The Morgan fingerprint density at radius 2 is 2.03 bits per heavy atom. The van der Waals surface area contributed by atoms with E-state index in [1.807, 2.05) is 17.0 Å². The van der Waals surface area contributed by atoms with Crippen molar-refractivity contribution in [3.63, 3.8) is 0 Å². The summed E-state index contributed by atoms with van der Waals surface area (Å²) in [5, 5.41) is 18.7. The van der Waals surface area contributed by atoms with Gasteiger partial charge in [-0.1, -0.05) is 13.8 Å². The second-order valence-electron chi connectivity index (χ2n) is 8.30. The van der Waals surface area contributed by atoms with Gasteiger partial charge in [0.25, 0.3) is 0 Å². The number of piperidine rings is 1. The summed E-state index contributed by atoms with van der Waals surface area (Å²) >= 11 is 0. The van der Waals surface area contributed by atoms with E-state index in [2.05, 4.69) is 44.7 Å². The quantitative estimate of drug-likeness (QED) is 0.796. The van der Waals surface area contributed by atoms with E-state index in [9.17, 15) is 9.59 Å². The lowest BCUT2D eigenvalue weighted by Crippen LogP contribution is -2.51. The van der Waals surface area contributed by atoms with Crippen molar-refractivity contribution in [1.82, 2.24) is 35.5 Å². The molecular formula is C19H28N8O2. The van der Waals surface area contributed by atoms with E-state index >= 15 is 0 Å². The molecule has 0 radical (unpaired) electrons. The van der Waals surface area contributed by atoms with E-state index < -0.39 is 0 Å². The fourth-order valence-electron chi connectivity index (χ4n) is 4.22. The van der Waals surface area contributed by atoms with Crippen LogP contribution in [0, 0.1) is 11.8 Å². The van der Waals surface area contributed by atoms with Crippen LogP contribution >= 0.6 is 0 Å². The minimum Gasteiger partial charge on any atom is -0.355 e. The number of aromatic nitrogens is 5. The molecule has 1 unspecified atom stereocenters. The fraction of sp³-hybridized carbons (Fsp3) is 0.684. The van der Waals surface area contributed by atoms with E-state index in [4.69, 9.17) is 0 Å². The molecule has 29 heavy (non-hydrogen) atoms. The van der Waals surface area contributed by atoms with Crippen LogP contribution in [-0.4, -0.2) is 74.2 Å². The molecule has 1 N–H and O–H groups in total. The third kappa shape index (κ3) is 4.15. The molecule has 4 heterocycles. The molecule has 2 saturated heterocycles. The zero-order valence-electron chi connectivity index (χ0n) is 17.0. The van der Waals surface area contributed by atoms with Gasteiger partial charge >= 0.3 is 0 Å². The van der Waals surface area contributed by atoms with Gasteiger partial charge in [-0.2, -0.15) is 0 Å². The summed E-state index contributed by atoms with van der Waals surface area (Å²) in [7, 11) is 0. The predicted octanol–water partition coefficient (Wildman–Crippen LogP) is 0.499. The smallest absolute Gasteiger partial charge is 0.242 e. The van der Waals surface area contributed by atoms with Gasteiger partial charge in [0.1, 0.15) is 6.04 Å². The first-order chi connectivity index (χ1) is 14.0. The van der Waals surface area contributed by atoms with Crippen LogP contribution in [0.4, 0.5) is 5.82 Å². The first-order valence-electron chi connectivity index (χ1n) is 10.4. The summed E-state index contributed by atoms with van der Waals surface area (Å²) < 4.78 is 1.42. The lowest BCUT2D eigenvalue weighted by atomic mass is 9.93. The number of nitrogens with one attached hydrogen (secondary N) is 1. The number of carbonyl (C=O) groups excluding carboxylic acids is 2. The molecule has 2 aromatic heterocycles. The Morgan fingerprint density at radius 1 is 1.24 bits per heavy atom. The summed E-state index contributed by atoms with van der Waals surface area (Å²) in [4.78, 5) is 29.8. The standard InChI is InChI=1S/C19H28N8O2/c1-13(2)12-15-18(28)20-8-3-9-26(15)19(29)14-6-10-25(11-7-14)17-5-4-16-21-23-24-27(16)22-17/h4-5,13-15H,3,6-12H2,1-2H3,(H,20,28). The van der Waals surface area contributed by atoms with Crippen molar-refractivity contribution in [3.05, 3.63) is 12.1 Å². The Balaban J connectivity index is 1.42.